The number of likely N-dealkylation sites (tertiary alicyclic amines) is 1. The van der Waals surface area contributed by atoms with Gasteiger partial charge in [0.2, 0.25) is 11.8 Å². The SMILES string of the molecule is O=C(NCC1CCCCC1)C1CC(=O)N(Cc2ccccc2)C1. The van der Waals surface area contributed by atoms with Gasteiger partial charge in [0.25, 0.3) is 0 Å². The molecule has 1 saturated heterocycles. The van der Waals surface area contributed by atoms with Gasteiger partial charge in [0, 0.05) is 26.1 Å². The number of amides is 2. The number of carbonyl (C=O) groups is 2. The molecule has 0 radical (unpaired) electrons. The van der Waals surface area contributed by atoms with Crippen molar-refractivity contribution in [2.24, 2.45) is 11.8 Å². The Morgan fingerprint density at radius 1 is 1.13 bits per heavy atom. The summed E-state index contributed by atoms with van der Waals surface area (Å²) in [5, 5.41) is 3.08. The maximum absolute atomic E-state index is 12.3. The number of rotatable bonds is 5. The van der Waals surface area contributed by atoms with E-state index in [2.05, 4.69) is 5.32 Å². The standard InChI is InChI=1S/C19H26N2O2/c22-18-11-17(14-21(18)13-16-9-5-2-6-10-16)19(23)20-12-15-7-3-1-4-8-15/h2,5-6,9-10,15,17H,1,3-4,7-8,11-14H2,(H,20,23). The predicted octanol–water partition coefficient (Wildman–Crippen LogP) is 2.73. The largest absolute Gasteiger partial charge is 0.356 e. The smallest absolute Gasteiger partial charge is 0.225 e. The van der Waals surface area contributed by atoms with Crippen LogP contribution in [0.3, 0.4) is 0 Å². The Morgan fingerprint density at radius 3 is 2.61 bits per heavy atom. The highest BCUT2D eigenvalue weighted by Gasteiger charge is 2.34. The highest BCUT2D eigenvalue weighted by Crippen LogP contribution is 2.24. The van der Waals surface area contributed by atoms with Crippen molar-refractivity contribution in [3.05, 3.63) is 35.9 Å². The first-order valence-corrected chi connectivity index (χ1v) is 8.82. The second-order valence-corrected chi connectivity index (χ2v) is 6.91. The predicted molar refractivity (Wildman–Crippen MR) is 89.6 cm³/mol. The van der Waals surface area contributed by atoms with Gasteiger partial charge in [-0.25, -0.2) is 0 Å². The third-order valence-electron chi connectivity index (χ3n) is 5.09. The molecule has 3 rings (SSSR count). The molecule has 4 heteroatoms. The van der Waals surface area contributed by atoms with Gasteiger partial charge in [0.15, 0.2) is 0 Å². The lowest BCUT2D eigenvalue weighted by Gasteiger charge is -2.22. The average Bonchev–Trinajstić information content (AvgIpc) is 2.95. The van der Waals surface area contributed by atoms with E-state index in [9.17, 15) is 9.59 Å². The zero-order valence-corrected chi connectivity index (χ0v) is 13.7. The quantitative estimate of drug-likeness (QED) is 0.908. The van der Waals surface area contributed by atoms with E-state index in [4.69, 9.17) is 0 Å². The van der Waals surface area contributed by atoms with E-state index in [1.807, 2.05) is 30.3 Å². The number of carbonyl (C=O) groups excluding carboxylic acids is 2. The van der Waals surface area contributed by atoms with E-state index in [-0.39, 0.29) is 17.7 Å². The van der Waals surface area contributed by atoms with Crippen molar-refractivity contribution >= 4 is 11.8 Å². The number of hydrogen-bond acceptors (Lipinski definition) is 2. The molecule has 124 valence electrons. The topological polar surface area (TPSA) is 49.4 Å². The van der Waals surface area contributed by atoms with E-state index in [1.165, 1.54) is 32.1 Å². The molecule has 0 spiro atoms. The van der Waals surface area contributed by atoms with Crippen LogP contribution in [0.15, 0.2) is 30.3 Å². The van der Waals surface area contributed by atoms with Gasteiger partial charge >= 0.3 is 0 Å². The lowest BCUT2D eigenvalue weighted by Crippen LogP contribution is -2.36. The lowest BCUT2D eigenvalue weighted by atomic mass is 9.89. The van der Waals surface area contributed by atoms with Crippen molar-refractivity contribution < 1.29 is 9.59 Å². The van der Waals surface area contributed by atoms with Crippen molar-refractivity contribution in [1.29, 1.82) is 0 Å². The van der Waals surface area contributed by atoms with Crippen LogP contribution in [-0.4, -0.2) is 29.8 Å². The van der Waals surface area contributed by atoms with E-state index >= 15 is 0 Å². The summed E-state index contributed by atoms with van der Waals surface area (Å²) >= 11 is 0. The molecule has 2 amide bonds. The van der Waals surface area contributed by atoms with Gasteiger partial charge < -0.3 is 10.2 Å². The zero-order valence-electron chi connectivity index (χ0n) is 13.7. The molecule has 1 aromatic rings. The van der Waals surface area contributed by atoms with Crippen LogP contribution < -0.4 is 5.32 Å². The summed E-state index contributed by atoms with van der Waals surface area (Å²) in [4.78, 5) is 26.3. The highest BCUT2D eigenvalue weighted by molar-refractivity contribution is 5.89. The van der Waals surface area contributed by atoms with Gasteiger partial charge in [-0.05, 0) is 24.3 Å². The Balaban J connectivity index is 1.47. The minimum Gasteiger partial charge on any atom is -0.356 e. The number of benzene rings is 1. The first-order valence-electron chi connectivity index (χ1n) is 8.82. The van der Waals surface area contributed by atoms with Gasteiger partial charge in [-0.1, -0.05) is 49.6 Å². The fraction of sp³-hybridized carbons (Fsp3) is 0.579. The first kappa shape index (κ1) is 16.0. The molecule has 2 fully saturated rings. The van der Waals surface area contributed by atoms with E-state index < -0.39 is 0 Å². The molecule has 0 aromatic heterocycles. The fourth-order valence-electron chi connectivity index (χ4n) is 3.68. The van der Waals surface area contributed by atoms with E-state index in [1.54, 1.807) is 4.90 Å². The maximum atomic E-state index is 12.3. The lowest BCUT2D eigenvalue weighted by molar-refractivity contribution is -0.129. The minimum atomic E-state index is -0.185. The molecular formula is C19H26N2O2. The molecule has 1 heterocycles. The summed E-state index contributed by atoms with van der Waals surface area (Å²) in [6.45, 7) is 1.93. The molecule has 1 N–H and O–H groups in total. The van der Waals surface area contributed by atoms with Crippen molar-refractivity contribution in [3.63, 3.8) is 0 Å². The Morgan fingerprint density at radius 2 is 1.87 bits per heavy atom. The summed E-state index contributed by atoms with van der Waals surface area (Å²) in [6.07, 6.45) is 6.70. The molecule has 0 bridgehead atoms. The fourth-order valence-corrected chi connectivity index (χ4v) is 3.68. The van der Waals surface area contributed by atoms with Crippen LogP contribution in [0.4, 0.5) is 0 Å². The molecule has 1 saturated carbocycles. The number of nitrogens with one attached hydrogen (secondary N) is 1. The zero-order chi connectivity index (χ0) is 16.1. The third-order valence-corrected chi connectivity index (χ3v) is 5.09. The Hall–Kier alpha value is -1.84. The molecule has 2 aliphatic rings. The summed E-state index contributed by atoms with van der Waals surface area (Å²) < 4.78 is 0. The van der Waals surface area contributed by atoms with Crippen LogP contribution in [0, 0.1) is 11.8 Å². The molecular weight excluding hydrogens is 288 g/mol. The van der Waals surface area contributed by atoms with Gasteiger partial charge in [-0.3, -0.25) is 9.59 Å². The Kier molecular flexibility index (Phi) is 5.31. The number of hydrogen-bond donors (Lipinski definition) is 1. The highest BCUT2D eigenvalue weighted by atomic mass is 16.2. The first-order chi connectivity index (χ1) is 11.2. The number of nitrogens with zero attached hydrogens (tertiary/aromatic N) is 1. The second kappa shape index (κ2) is 7.62. The molecule has 1 unspecified atom stereocenters. The second-order valence-electron chi connectivity index (χ2n) is 6.91. The van der Waals surface area contributed by atoms with Gasteiger partial charge in [0.05, 0.1) is 5.92 Å². The summed E-state index contributed by atoms with van der Waals surface area (Å²) in [5.41, 5.74) is 1.11. The summed E-state index contributed by atoms with van der Waals surface area (Å²) in [6, 6.07) is 9.96. The van der Waals surface area contributed by atoms with Gasteiger partial charge in [-0.15, -0.1) is 0 Å². The minimum absolute atomic E-state index is 0.0551. The van der Waals surface area contributed by atoms with Crippen LogP contribution in [0.2, 0.25) is 0 Å². The van der Waals surface area contributed by atoms with E-state index in [0.717, 1.165) is 12.1 Å². The van der Waals surface area contributed by atoms with Crippen LogP contribution in [0.1, 0.15) is 44.1 Å². The molecule has 1 atom stereocenters. The normalized spacial score (nSPS) is 22.3. The van der Waals surface area contributed by atoms with Gasteiger partial charge in [-0.2, -0.15) is 0 Å². The van der Waals surface area contributed by atoms with Crippen LogP contribution in [0.25, 0.3) is 0 Å². The Labute approximate surface area is 138 Å². The summed E-state index contributed by atoms with van der Waals surface area (Å²) in [7, 11) is 0. The van der Waals surface area contributed by atoms with Crippen LogP contribution >= 0.6 is 0 Å². The monoisotopic (exact) mass is 314 g/mol. The Bertz CT molecular complexity index is 538. The molecule has 1 aliphatic carbocycles. The van der Waals surface area contributed by atoms with Crippen LogP contribution in [-0.2, 0) is 16.1 Å². The van der Waals surface area contributed by atoms with Crippen molar-refractivity contribution in [1.82, 2.24) is 10.2 Å². The van der Waals surface area contributed by atoms with Crippen LogP contribution in [0.5, 0.6) is 0 Å². The third kappa shape index (κ3) is 4.34. The van der Waals surface area contributed by atoms with Crippen molar-refractivity contribution in [3.8, 4) is 0 Å². The maximum Gasteiger partial charge on any atom is 0.225 e. The summed E-state index contributed by atoms with van der Waals surface area (Å²) in [5.74, 6) is 0.589. The van der Waals surface area contributed by atoms with Crippen molar-refractivity contribution in [2.45, 2.75) is 45.1 Å². The molecule has 23 heavy (non-hydrogen) atoms. The molecule has 4 nitrogen and oxygen atoms in total. The van der Waals surface area contributed by atoms with E-state index in [0.29, 0.717) is 25.4 Å². The van der Waals surface area contributed by atoms with Gasteiger partial charge in [0.1, 0.15) is 0 Å². The van der Waals surface area contributed by atoms with Crippen molar-refractivity contribution in [2.75, 3.05) is 13.1 Å². The molecule has 1 aromatic carbocycles. The molecule has 1 aliphatic heterocycles. The average molecular weight is 314 g/mol.